The Labute approximate surface area is 162 Å². The van der Waals surface area contributed by atoms with Gasteiger partial charge in [-0.2, -0.15) is 0 Å². The first-order valence-electron chi connectivity index (χ1n) is 8.85. The number of hydrogen-bond donors (Lipinski definition) is 2. The van der Waals surface area contributed by atoms with E-state index in [0.717, 1.165) is 11.1 Å². The van der Waals surface area contributed by atoms with Crippen LogP contribution in [0.2, 0.25) is 0 Å². The number of nitrogens with zero attached hydrogens (tertiary/aromatic N) is 2. The summed E-state index contributed by atoms with van der Waals surface area (Å²) in [5.41, 5.74) is 8.10. The molecule has 2 aromatic heterocycles. The van der Waals surface area contributed by atoms with Crippen molar-refractivity contribution in [2.24, 2.45) is 5.73 Å². The van der Waals surface area contributed by atoms with E-state index in [1.807, 2.05) is 50.4 Å². The Morgan fingerprint density at radius 1 is 1.30 bits per heavy atom. The number of carbonyl (C=O) groups is 1. The fourth-order valence-corrected chi connectivity index (χ4v) is 3.69. The third kappa shape index (κ3) is 4.26. The minimum atomic E-state index is -0.462. The molecular formula is C20H24N4O2S. The quantitative estimate of drug-likeness (QED) is 0.684. The molecule has 0 unspecified atom stereocenters. The molecule has 0 radical (unpaired) electrons. The van der Waals surface area contributed by atoms with Crippen molar-refractivity contribution in [3.63, 3.8) is 0 Å². The maximum atomic E-state index is 13.0. The SMILES string of the molecule is Cc1ccc(-c2csc3ncn(CCC(=O)NC(C)(C)CN)c(=O)c23)cc1. The lowest BCUT2D eigenvalue weighted by Crippen LogP contribution is -2.49. The molecule has 0 fully saturated rings. The van der Waals surface area contributed by atoms with Gasteiger partial charge >= 0.3 is 0 Å². The molecule has 0 aliphatic rings. The van der Waals surface area contributed by atoms with Gasteiger partial charge in [0.05, 0.1) is 11.7 Å². The van der Waals surface area contributed by atoms with E-state index in [1.165, 1.54) is 27.8 Å². The lowest BCUT2D eigenvalue weighted by atomic mass is 10.1. The third-order valence-corrected chi connectivity index (χ3v) is 5.38. The Hall–Kier alpha value is -2.51. The molecule has 0 spiro atoms. The third-order valence-electron chi connectivity index (χ3n) is 4.49. The van der Waals surface area contributed by atoms with Gasteiger partial charge in [0, 0.05) is 36.0 Å². The molecule has 0 saturated heterocycles. The predicted molar refractivity (Wildman–Crippen MR) is 110 cm³/mol. The van der Waals surface area contributed by atoms with Gasteiger partial charge in [0.15, 0.2) is 0 Å². The van der Waals surface area contributed by atoms with E-state index < -0.39 is 5.54 Å². The highest BCUT2D eigenvalue weighted by atomic mass is 32.1. The van der Waals surface area contributed by atoms with Gasteiger partial charge in [-0.15, -0.1) is 11.3 Å². The largest absolute Gasteiger partial charge is 0.350 e. The van der Waals surface area contributed by atoms with Crippen molar-refractivity contribution in [2.75, 3.05) is 6.54 Å². The van der Waals surface area contributed by atoms with Gasteiger partial charge in [-0.25, -0.2) is 4.98 Å². The maximum absolute atomic E-state index is 13.0. The number of rotatable bonds is 6. The molecule has 2 heterocycles. The highest BCUT2D eigenvalue weighted by Crippen LogP contribution is 2.30. The number of carbonyl (C=O) groups excluding carboxylic acids is 1. The summed E-state index contributed by atoms with van der Waals surface area (Å²) < 4.78 is 1.50. The van der Waals surface area contributed by atoms with Crippen molar-refractivity contribution in [2.45, 2.75) is 39.3 Å². The van der Waals surface area contributed by atoms with Gasteiger partial charge in [-0.3, -0.25) is 14.2 Å². The topological polar surface area (TPSA) is 90.0 Å². The first kappa shape index (κ1) is 19.3. The molecule has 27 heavy (non-hydrogen) atoms. The number of aryl methyl sites for hydroxylation is 2. The van der Waals surface area contributed by atoms with Crippen molar-refractivity contribution in [3.05, 3.63) is 51.9 Å². The van der Waals surface area contributed by atoms with E-state index in [-0.39, 0.29) is 24.4 Å². The van der Waals surface area contributed by atoms with Gasteiger partial charge in [0.25, 0.3) is 5.56 Å². The molecule has 0 bridgehead atoms. The van der Waals surface area contributed by atoms with Crippen LogP contribution in [0, 0.1) is 6.92 Å². The van der Waals surface area contributed by atoms with Gasteiger partial charge in [-0.1, -0.05) is 29.8 Å². The number of fused-ring (bicyclic) bond motifs is 1. The number of thiophene rings is 1. The molecular weight excluding hydrogens is 360 g/mol. The van der Waals surface area contributed by atoms with Gasteiger partial charge < -0.3 is 11.1 Å². The van der Waals surface area contributed by atoms with Crippen LogP contribution < -0.4 is 16.6 Å². The van der Waals surface area contributed by atoms with Crippen molar-refractivity contribution < 1.29 is 4.79 Å². The van der Waals surface area contributed by atoms with E-state index in [4.69, 9.17) is 5.73 Å². The number of hydrogen-bond acceptors (Lipinski definition) is 5. The molecule has 1 aromatic carbocycles. The molecule has 1 amide bonds. The molecule has 6 nitrogen and oxygen atoms in total. The molecule has 0 aliphatic carbocycles. The second-order valence-electron chi connectivity index (χ2n) is 7.32. The zero-order valence-corrected chi connectivity index (χ0v) is 16.6. The molecule has 3 N–H and O–H groups in total. The number of nitrogens with one attached hydrogen (secondary N) is 1. The first-order valence-corrected chi connectivity index (χ1v) is 9.73. The predicted octanol–water partition coefficient (Wildman–Crippen LogP) is 2.68. The molecule has 142 valence electrons. The van der Waals surface area contributed by atoms with Crippen molar-refractivity contribution in [1.29, 1.82) is 0 Å². The van der Waals surface area contributed by atoms with Gasteiger partial charge in [0.2, 0.25) is 5.91 Å². The lowest BCUT2D eigenvalue weighted by molar-refractivity contribution is -0.122. The van der Waals surface area contributed by atoms with Crippen LogP contribution in [-0.2, 0) is 11.3 Å². The van der Waals surface area contributed by atoms with E-state index in [1.54, 1.807) is 0 Å². The van der Waals surface area contributed by atoms with Crippen LogP contribution in [0.25, 0.3) is 21.3 Å². The normalized spacial score (nSPS) is 11.7. The van der Waals surface area contributed by atoms with E-state index >= 15 is 0 Å². The molecule has 3 aromatic rings. The Morgan fingerprint density at radius 2 is 2.00 bits per heavy atom. The Balaban J connectivity index is 1.87. The molecule has 7 heteroatoms. The van der Waals surface area contributed by atoms with Crippen molar-refractivity contribution in [1.82, 2.24) is 14.9 Å². The van der Waals surface area contributed by atoms with E-state index in [0.29, 0.717) is 16.8 Å². The van der Waals surface area contributed by atoms with Gasteiger partial charge in [0.1, 0.15) is 4.83 Å². The first-order chi connectivity index (χ1) is 12.8. The summed E-state index contributed by atoms with van der Waals surface area (Å²) >= 11 is 1.45. The molecule has 3 rings (SSSR count). The average molecular weight is 385 g/mol. The Morgan fingerprint density at radius 3 is 2.67 bits per heavy atom. The van der Waals surface area contributed by atoms with Gasteiger partial charge in [-0.05, 0) is 26.3 Å². The summed E-state index contributed by atoms with van der Waals surface area (Å²) in [6.45, 7) is 6.38. The van der Waals surface area contributed by atoms with Crippen LogP contribution in [0.3, 0.4) is 0 Å². The molecule has 0 aliphatic heterocycles. The van der Waals surface area contributed by atoms with Crippen molar-refractivity contribution >= 4 is 27.5 Å². The summed E-state index contributed by atoms with van der Waals surface area (Å²) in [6, 6.07) is 8.07. The van der Waals surface area contributed by atoms with Crippen LogP contribution >= 0.6 is 11.3 Å². The highest BCUT2D eigenvalue weighted by molar-refractivity contribution is 7.17. The number of nitrogens with two attached hydrogens (primary N) is 1. The summed E-state index contributed by atoms with van der Waals surface area (Å²) in [5, 5.41) is 5.44. The minimum Gasteiger partial charge on any atom is -0.350 e. The minimum absolute atomic E-state index is 0.122. The van der Waals surface area contributed by atoms with Crippen LogP contribution in [0.15, 0.2) is 40.8 Å². The summed E-state index contributed by atoms with van der Waals surface area (Å²) in [4.78, 5) is 30.2. The standard InChI is InChI=1S/C20H24N4O2S/c1-13-4-6-14(7-5-13)15-10-27-18-17(15)19(26)24(12-22-18)9-8-16(25)23-20(2,3)11-21/h4-7,10,12H,8-9,11,21H2,1-3H3,(H,23,25). The molecule has 0 saturated carbocycles. The fraction of sp³-hybridized carbons (Fsp3) is 0.350. The summed E-state index contributed by atoms with van der Waals surface area (Å²) in [7, 11) is 0. The summed E-state index contributed by atoms with van der Waals surface area (Å²) in [6.07, 6.45) is 1.71. The zero-order chi connectivity index (χ0) is 19.6. The Bertz CT molecular complexity index is 1020. The lowest BCUT2D eigenvalue weighted by Gasteiger charge is -2.24. The van der Waals surface area contributed by atoms with Crippen molar-refractivity contribution in [3.8, 4) is 11.1 Å². The summed E-state index contributed by atoms with van der Waals surface area (Å²) in [5.74, 6) is -0.137. The Kier molecular flexibility index (Phi) is 5.43. The second-order valence-corrected chi connectivity index (χ2v) is 8.18. The molecule has 0 atom stereocenters. The average Bonchev–Trinajstić information content (AvgIpc) is 3.06. The van der Waals surface area contributed by atoms with Crippen LogP contribution in [0.4, 0.5) is 0 Å². The number of aromatic nitrogens is 2. The van der Waals surface area contributed by atoms with Crippen LogP contribution in [-0.4, -0.2) is 27.5 Å². The highest BCUT2D eigenvalue weighted by Gasteiger charge is 2.18. The number of amides is 1. The van der Waals surface area contributed by atoms with Crippen LogP contribution in [0.5, 0.6) is 0 Å². The van der Waals surface area contributed by atoms with Crippen LogP contribution in [0.1, 0.15) is 25.8 Å². The zero-order valence-electron chi connectivity index (χ0n) is 15.8. The van der Waals surface area contributed by atoms with E-state index in [2.05, 4.69) is 10.3 Å². The second kappa shape index (κ2) is 7.62. The number of benzene rings is 1. The monoisotopic (exact) mass is 384 g/mol. The van der Waals surface area contributed by atoms with E-state index in [9.17, 15) is 9.59 Å². The fourth-order valence-electron chi connectivity index (χ4n) is 2.79. The maximum Gasteiger partial charge on any atom is 0.262 e. The smallest absolute Gasteiger partial charge is 0.262 e.